The molecule has 2 aliphatic rings. The molecule has 1 amide bonds. The SMILES string of the molecule is CC1(C(=O)O)CCCN1C(=O)CC1(CN)CCC1. The number of carboxylic acids is 1. The zero-order valence-electron chi connectivity index (χ0n) is 10.9. The topological polar surface area (TPSA) is 83.6 Å². The van der Waals surface area contributed by atoms with E-state index in [9.17, 15) is 14.7 Å². The molecule has 5 nitrogen and oxygen atoms in total. The van der Waals surface area contributed by atoms with Crippen molar-refractivity contribution in [3.63, 3.8) is 0 Å². The van der Waals surface area contributed by atoms with Gasteiger partial charge in [0.25, 0.3) is 0 Å². The molecule has 0 aromatic rings. The van der Waals surface area contributed by atoms with Crippen molar-refractivity contribution in [2.45, 2.75) is 51.0 Å². The van der Waals surface area contributed by atoms with Crippen molar-refractivity contribution < 1.29 is 14.7 Å². The summed E-state index contributed by atoms with van der Waals surface area (Å²) in [5, 5.41) is 9.30. The molecule has 1 unspecified atom stereocenters. The van der Waals surface area contributed by atoms with E-state index in [1.54, 1.807) is 11.8 Å². The second-order valence-electron chi connectivity index (χ2n) is 5.96. The van der Waals surface area contributed by atoms with E-state index in [1.165, 1.54) is 0 Å². The van der Waals surface area contributed by atoms with Gasteiger partial charge < -0.3 is 15.7 Å². The number of nitrogens with two attached hydrogens (primary N) is 1. The Kier molecular flexibility index (Phi) is 3.36. The molecular formula is C13H22N2O3. The van der Waals surface area contributed by atoms with Gasteiger partial charge in [-0.15, -0.1) is 0 Å². The molecule has 1 saturated carbocycles. The number of hydrogen-bond acceptors (Lipinski definition) is 3. The van der Waals surface area contributed by atoms with Gasteiger partial charge in [-0.3, -0.25) is 4.79 Å². The molecule has 1 saturated heterocycles. The van der Waals surface area contributed by atoms with E-state index in [0.717, 1.165) is 25.7 Å². The van der Waals surface area contributed by atoms with E-state index in [4.69, 9.17) is 5.73 Å². The predicted molar refractivity (Wildman–Crippen MR) is 66.9 cm³/mol. The summed E-state index contributed by atoms with van der Waals surface area (Å²) in [6, 6.07) is 0. The van der Waals surface area contributed by atoms with Crippen LogP contribution in [0.5, 0.6) is 0 Å². The van der Waals surface area contributed by atoms with E-state index in [2.05, 4.69) is 0 Å². The van der Waals surface area contributed by atoms with Gasteiger partial charge in [0, 0.05) is 13.0 Å². The maximum atomic E-state index is 12.3. The van der Waals surface area contributed by atoms with Crippen molar-refractivity contribution in [3.05, 3.63) is 0 Å². The lowest BCUT2D eigenvalue weighted by Gasteiger charge is -2.42. The third kappa shape index (κ3) is 2.00. The van der Waals surface area contributed by atoms with Crippen LogP contribution in [0, 0.1) is 5.41 Å². The lowest BCUT2D eigenvalue weighted by molar-refractivity contribution is -0.156. The van der Waals surface area contributed by atoms with Gasteiger partial charge in [0.1, 0.15) is 5.54 Å². The van der Waals surface area contributed by atoms with Crippen molar-refractivity contribution in [3.8, 4) is 0 Å². The largest absolute Gasteiger partial charge is 0.480 e. The minimum Gasteiger partial charge on any atom is -0.480 e. The molecule has 1 atom stereocenters. The quantitative estimate of drug-likeness (QED) is 0.783. The van der Waals surface area contributed by atoms with Gasteiger partial charge in [-0.05, 0) is 44.6 Å². The molecule has 3 N–H and O–H groups in total. The first-order valence-corrected chi connectivity index (χ1v) is 6.67. The summed E-state index contributed by atoms with van der Waals surface area (Å²) in [6.07, 6.45) is 4.83. The van der Waals surface area contributed by atoms with Gasteiger partial charge in [0.05, 0.1) is 0 Å². The summed E-state index contributed by atoms with van der Waals surface area (Å²) in [6.45, 7) is 2.73. The van der Waals surface area contributed by atoms with Crippen LogP contribution in [0.2, 0.25) is 0 Å². The fourth-order valence-corrected chi connectivity index (χ4v) is 3.13. The van der Waals surface area contributed by atoms with E-state index in [0.29, 0.717) is 25.9 Å². The van der Waals surface area contributed by atoms with Crippen LogP contribution in [0.25, 0.3) is 0 Å². The fraction of sp³-hybridized carbons (Fsp3) is 0.846. The number of likely N-dealkylation sites (tertiary alicyclic amines) is 1. The second kappa shape index (κ2) is 4.53. The Morgan fingerprint density at radius 2 is 1.94 bits per heavy atom. The zero-order valence-corrected chi connectivity index (χ0v) is 10.9. The summed E-state index contributed by atoms with van der Waals surface area (Å²) in [5.41, 5.74) is 4.68. The van der Waals surface area contributed by atoms with E-state index < -0.39 is 11.5 Å². The summed E-state index contributed by atoms with van der Waals surface area (Å²) in [7, 11) is 0. The average molecular weight is 254 g/mol. The average Bonchev–Trinajstić information content (AvgIpc) is 2.67. The highest BCUT2D eigenvalue weighted by Gasteiger charge is 2.48. The fourth-order valence-electron chi connectivity index (χ4n) is 3.13. The second-order valence-corrected chi connectivity index (χ2v) is 5.96. The molecule has 1 aliphatic carbocycles. The summed E-state index contributed by atoms with van der Waals surface area (Å²) in [4.78, 5) is 25.2. The van der Waals surface area contributed by atoms with Crippen molar-refractivity contribution in [1.29, 1.82) is 0 Å². The highest BCUT2D eigenvalue weighted by molar-refractivity contribution is 5.87. The number of carbonyl (C=O) groups is 2. The van der Waals surface area contributed by atoms with E-state index in [-0.39, 0.29) is 11.3 Å². The van der Waals surface area contributed by atoms with Crippen molar-refractivity contribution in [2.75, 3.05) is 13.1 Å². The predicted octanol–water partition coefficient (Wildman–Crippen LogP) is 0.971. The minimum absolute atomic E-state index is 0.0393. The Bertz CT molecular complexity index is 360. The molecule has 2 rings (SSSR count). The number of aliphatic carboxylic acids is 1. The van der Waals surface area contributed by atoms with Crippen molar-refractivity contribution >= 4 is 11.9 Å². The molecule has 0 aromatic heterocycles. The van der Waals surface area contributed by atoms with Crippen molar-refractivity contribution in [1.82, 2.24) is 4.90 Å². The maximum Gasteiger partial charge on any atom is 0.329 e. The first-order chi connectivity index (χ1) is 8.43. The van der Waals surface area contributed by atoms with Gasteiger partial charge >= 0.3 is 5.97 Å². The molecule has 0 bridgehead atoms. The number of hydrogen-bond donors (Lipinski definition) is 2. The minimum atomic E-state index is -1.02. The Hall–Kier alpha value is -1.10. The summed E-state index contributed by atoms with van der Waals surface area (Å²) >= 11 is 0. The molecule has 18 heavy (non-hydrogen) atoms. The Morgan fingerprint density at radius 1 is 1.28 bits per heavy atom. The Labute approximate surface area is 107 Å². The van der Waals surface area contributed by atoms with Crippen molar-refractivity contribution in [2.24, 2.45) is 11.1 Å². The summed E-state index contributed by atoms with van der Waals surface area (Å²) < 4.78 is 0. The number of carboxylic acid groups (broad SMARTS) is 1. The smallest absolute Gasteiger partial charge is 0.329 e. The van der Waals surface area contributed by atoms with Crippen LogP contribution < -0.4 is 5.73 Å². The van der Waals surface area contributed by atoms with Gasteiger partial charge in [0.2, 0.25) is 5.91 Å². The van der Waals surface area contributed by atoms with Crippen LogP contribution in [-0.4, -0.2) is 40.5 Å². The van der Waals surface area contributed by atoms with Gasteiger partial charge in [-0.1, -0.05) is 6.42 Å². The molecule has 1 aliphatic heterocycles. The monoisotopic (exact) mass is 254 g/mol. The number of rotatable bonds is 4. The molecule has 0 aromatic carbocycles. The number of carbonyl (C=O) groups excluding carboxylic acids is 1. The van der Waals surface area contributed by atoms with Crippen LogP contribution in [0.3, 0.4) is 0 Å². The van der Waals surface area contributed by atoms with Crippen LogP contribution >= 0.6 is 0 Å². The highest BCUT2D eigenvalue weighted by atomic mass is 16.4. The van der Waals surface area contributed by atoms with Crippen LogP contribution in [0.4, 0.5) is 0 Å². The third-order valence-corrected chi connectivity index (χ3v) is 4.78. The van der Waals surface area contributed by atoms with E-state index in [1.807, 2.05) is 0 Å². The van der Waals surface area contributed by atoms with E-state index >= 15 is 0 Å². The molecule has 0 spiro atoms. The van der Waals surface area contributed by atoms with Gasteiger partial charge in [-0.2, -0.15) is 0 Å². The molecule has 2 fully saturated rings. The zero-order chi connectivity index (χ0) is 13.4. The molecule has 1 heterocycles. The first kappa shape index (κ1) is 13.3. The first-order valence-electron chi connectivity index (χ1n) is 6.67. The molecule has 102 valence electrons. The third-order valence-electron chi connectivity index (χ3n) is 4.78. The molecule has 0 radical (unpaired) electrons. The molecule has 5 heteroatoms. The van der Waals surface area contributed by atoms with Crippen LogP contribution in [0.15, 0.2) is 0 Å². The Balaban J connectivity index is 2.07. The lowest BCUT2D eigenvalue weighted by Crippen LogP contribution is -2.53. The van der Waals surface area contributed by atoms with Crippen LogP contribution in [-0.2, 0) is 9.59 Å². The molecular weight excluding hydrogens is 232 g/mol. The standard InChI is InChI=1S/C13H22N2O3/c1-12(11(17)18)4-3-7-15(12)10(16)8-13(9-14)5-2-6-13/h2-9,14H2,1H3,(H,17,18). The highest BCUT2D eigenvalue weighted by Crippen LogP contribution is 2.44. The van der Waals surface area contributed by atoms with Crippen LogP contribution in [0.1, 0.15) is 45.4 Å². The lowest BCUT2D eigenvalue weighted by atomic mass is 9.66. The normalized spacial score (nSPS) is 30.0. The maximum absolute atomic E-state index is 12.3. The van der Waals surface area contributed by atoms with Gasteiger partial charge in [0.15, 0.2) is 0 Å². The number of amides is 1. The van der Waals surface area contributed by atoms with Gasteiger partial charge in [-0.25, -0.2) is 4.79 Å². The summed E-state index contributed by atoms with van der Waals surface area (Å²) in [5.74, 6) is -0.939. The Morgan fingerprint density at radius 3 is 2.39 bits per heavy atom. The number of nitrogens with zero attached hydrogens (tertiary/aromatic N) is 1.